The molecule has 1 N–H and O–H groups in total. The third-order valence-electron chi connectivity index (χ3n) is 3.41. The average molecular weight is 223 g/mol. The SMILES string of the molecule is CC1(c2c(F)ccc3c2OCO3)CCCN1. The van der Waals surface area contributed by atoms with E-state index in [9.17, 15) is 4.39 Å². The monoisotopic (exact) mass is 223 g/mol. The minimum atomic E-state index is -0.330. The van der Waals surface area contributed by atoms with Gasteiger partial charge >= 0.3 is 0 Å². The first-order chi connectivity index (χ1) is 7.71. The quantitative estimate of drug-likeness (QED) is 0.791. The molecule has 1 fully saturated rings. The van der Waals surface area contributed by atoms with Crippen LogP contribution in [0.1, 0.15) is 25.3 Å². The summed E-state index contributed by atoms with van der Waals surface area (Å²) >= 11 is 0. The summed E-state index contributed by atoms with van der Waals surface area (Å²) in [5.41, 5.74) is 0.281. The Morgan fingerprint density at radius 3 is 3.00 bits per heavy atom. The lowest BCUT2D eigenvalue weighted by Gasteiger charge is -2.26. The molecule has 0 aliphatic carbocycles. The molecule has 0 saturated carbocycles. The third-order valence-corrected chi connectivity index (χ3v) is 3.41. The van der Waals surface area contributed by atoms with Gasteiger partial charge in [-0.05, 0) is 38.4 Å². The zero-order valence-electron chi connectivity index (χ0n) is 9.18. The van der Waals surface area contributed by atoms with Crippen molar-refractivity contribution in [3.63, 3.8) is 0 Å². The summed E-state index contributed by atoms with van der Waals surface area (Å²) in [5.74, 6) is 0.990. The van der Waals surface area contributed by atoms with Crippen molar-refractivity contribution >= 4 is 0 Å². The fourth-order valence-electron chi connectivity index (χ4n) is 2.57. The van der Waals surface area contributed by atoms with Gasteiger partial charge in [0.05, 0.1) is 5.56 Å². The van der Waals surface area contributed by atoms with Gasteiger partial charge in [-0.3, -0.25) is 0 Å². The molecule has 86 valence electrons. The van der Waals surface area contributed by atoms with Gasteiger partial charge in [-0.1, -0.05) is 0 Å². The maximum atomic E-state index is 14.0. The number of halogens is 1. The molecule has 0 bridgehead atoms. The van der Waals surface area contributed by atoms with Crippen LogP contribution in [0.2, 0.25) is 0 Å². The van der Waals surface area contributed by atoms with Crippen molar-refractivity contribution in [1.29, 1.82) is 0 Å². The summed E-state index contributed by atoms with van der Waals surface area (Å²) in [6, 6.07) is 3.08. The lowest BCUT2D eigenvalue weighted by molar-refractivity contribution is 0.171. The Labute approximate surface area is 93.6 Å². The van der Waals surface area contributed by atoms with Gasteiger partial charge in [0.1, 0.15) is 5.82 Å². The van der Waals surface area contributed by atoms with Crippen LogP contribution in [-0.2, 0) is 5.54 Å². The Balaban J connectivity index is 2.15. The molecular weight excluding hydrogens is 209 g/mol. The lowest BCUT2D eigenvalue weighted by atomic mass is 9.89. The van der Waals surface area contributed by atoms with E-state index in [1.807, 2.05) is 6.92 Å². The molecule has 0 spiro atoms. The second-order valence-electron chi connectivity index (χ2n) is 4.52. The largest absolute Gasteiger partial charge is 0.454 e. The van der Waals surface area contributed by atoms with Crippen LogP contribution in [0.15, 0.2) is 12.1 Å². The highest BCUT2D eigenvalue weighted by Crippen LogP contribution is 2.44. The molecule has 2 heterocycles. The Hall–Kier alpha value is -1.29. The van der Waals surface area contributed by atoms with Crippen LogP contribution in [-0.4, -0.2) is 13.3 Å². The summed E-state index contributed by atoms with van der Waals surface area (Å²) in [7, 11) is 0. The van der Waals surface area contributed by atoms with Crippen molar-refractivity contribution in [1.82, 2.24) is 5.32 Å². The Kier molecular flexibility index (Phi) is 2.07. The highest BCUT2D eigenvalue weighted by Gasteiger charge is 2.38. The fraction of sp³-hybridized carbons (Fsp3) is 0.500. The molecule has 1 atom stereocenters. The second-order valence-corrected chi connectivity index (χ2v) is 4.52. The molecule has 3 nitrogen and oxygen atoms in total. The number of rotatable bonds is 1. The number of nitrogens with one attached hydrogen (secondary N) is 1. The number of fused-ring (bicyclic) bond motifs is 1. The molecule has 3 rings (SSSR count). The molecule has 16 heavy (non-hydrogen) atoms. The Morgan fingerprint density at radius 1 is 1.38 bits per heavy atom. The molecule has 1 saturated heterocycles. The van der Waals surface area contributed by atoms with Crippen LogP contribution in [0, 0.1) is 5.82 Å². The molecule has 0 radical (unpaired) electrons. The average Bonchev–Trinajstić information content (AvgIpc) is 2.86. The number of hydrogen-bond acceptors (Lipinski definition) is 3. The summed E-state index contributed by atoms with van der Waals surface area (Å²) in [6.07, 6.45) is 1.98. The standard InChI is InChI=1S/C12H14FNO2/c1-12(5-2-6-14-12)10-8(13)3-4-9-11(10)16-7-15-9/h3-4,14H,2,5-7H2,1H3. The smallest absolute Gasteiger partial charge is 0.231 e. The van der Waals surface area contributed by atoms with Gasteiger partial charge in [-0.25, -0.2) is 4.39 Å². The fourth-order valence-corrected chi connectivity index (χ4v) is 2.57. The van der Waals surface area contributed by atoms with Crippen LogP contribution in [0.25, 0.3) is 0 Å². The van der Waals surface area contributed by atoms with E-state index in [2.05, 4.69) is 5.32 Å². The highest BCUT2D eigenvalue weighted by atomic mass is 19.1. The van der Waals surface area contributed by atoms with E-state index in [0.29, 0.717) is 17.1 Å². The van der Waals surface area contributed by atoms with Crippen LogP contribution in [0.3, 0.4) is 0 Å². The number of hydrogen-bond donors (Lipinski definition) is 1. The number of benzene rings is 1. The van der Waals surface area contributed by atoms with E-state index < -0.39 is 0 Å². The summed E-state index contributed by atoms with van der Waals surface area (Å²) < 4.78 is 24.6. The molecule has 2 aliphatic rings. The zero-order valence-corrected chi connectivity index (χ0v) is 9.18. The van der Waals surface area contributed by atoms with Gasteiger partial charge < -0.3 is 14.8 Å². The van der Waals surface area contributed by atoms with Crippen LogP contribution in [0.5, 0.6) is 11.5 Å². The van der Waals surface area contributed by atoms with Crippen molar-refractivity contribution in [2.75, 3.05) is 13.3 Å². The summed E-state index contributed by atoms with van der Waals surface area (Å²) in [5, 5.41) is 3.34. The molecule has 0 amide bonds. The topological polar surface area (TPSA) is 30.5 Å². The van der Waals surface area contributed by atoms with E-state index >= 15 is 0 Å². The highest BCUT2D eigenvalue weighted by molar-refractivity contribution is 5.52. The molecule has 1 aromatic rings. The molecule has 2 aliphatic heterocycles. The van der Waals surface area contributed by atoms with E-state index in [1.165, 1.54) is 6.07 Å². The normalized spacial score (nSPS) is 27.4. The van der Waals surface area contributed by atoms with Crippen molar-refractivity contribution in [2.24, 2.45) is 0 Å². The second kappa shape index (κ2) is 3.35. The summed E-state index contributed by atoms with van der Waals surface area (Å²) in [6.45, 7) is 3.11. The van der Waals surface area contributed by atoms with E-state index in [-0.39, 0.29) is 18.1 Å². The predicted molar refractivity (Wildman–Crippen MR) is 57.1 cm³/mol. The molecule has 4 heteroatoms. The molecule has 1 aromatic carbocycles. The maximum Gasteiger partial charge on any atom is 0.231 e. The van der Waals surface area contributed by atoms with Crippen LogP contribution < -0.4 is 14.8 Å². The van der Waals surface area contributed by atoms with E-state index in [0.717, 1.165) is 19.4 Å². The van der Waals surface area contributed by atoms with Crippen molar-refractivity contribution in [3.05, 3.63) is 23.5 Å². The molecular formula is C12H14FNO2. The Bertz CT molecular complexity index is 427. The first-order valence-electron chi connectivity index (χ1n) is 5.54. The minimum absolute atomic E-state index is 0.182. The summed E-state index contributed by atoms with van der Waals surface area (Å²) in [4.78, 5) is 0. The Morgan fingerprint density at radius 2 is 2.25 bits per heavy atom. The van der Waals surface area contributed by atoms with Gasteiger partial charge in [0.25, 0.3) is 0 Å². The van der Waals surface area contributed by atoms with Gasteiger partial charge in [-0.15, -0.1) is 0 Å². The maximum absolute atomic E-state index is 14.0. The van der Waals surface area contributed by atoms with E-state index in [4.69, 9.17) is 9.47 Å². The molecule has 0 aromatic heterocycles. The number of ether oxygens (including phenoxy) is 2. The first kappa shape index (κ1) is 9.90. The van der Waals surface area contributed by atoms with Crippen molar-refractivity contribution in [3.8, 4) is 11.5 Å². The minimum Gasteiger partial charge on any atom is -0.454 e. The van der Waals surface area contributed by atoms with Gasteiger partial charge in [-0.2, -0.15) is 0 Å². The van der Waals surface area contributed by atoms with Crippen LogP contribution >= 0.6 is 0 Å². The third kappa shape index (κ3) is 1.29. The van der Waals surface area contributed by atoms with Gasteiger partial charge in [0.2, 0.25) is 6.79 Å². The predicted octanol–water partition coefficient (Wildman–Crippen LogP) is 2.15. The zero-order chi connectivity index (χ0) is 11.2. The van der Waals surface area contributed by atoms with Crippen molar-refractivity contribution < 1.29 is 13.9 Å². The molecule has 1 unspecified atom stereocenters. The van der Waals surface area contributed by atoms with Gasteiger partial charge in [0, 0.05) is 5.54 Å². The first-order valence-corrected chi connectivity index (χ1v) is 5.54. The lowest BCUT2D eigenvalue weighted by Crippen LogP contribution is -2.34. The van der Waals surface area contributed by atoms with Crippen molar-refractivity contribution in [2.45, 2.75) is 25.3 Å². The van der Waals surface area contributed by atoms with Crippen LogP contribution in [0.4, 0.5) is 4.39 Å². The van der Waals surface area contributed by atoms with E-state index in [1.54, 1.807) is 6.07 Å². The van der Waals surface area contributed by atoms with Gasteiger partial charge in [0.15, 0.2) is 11.5 Å².